The van der Waals surface area contributed by atoms with Crippen LogP contribution in [0.4, 0.5) is 4.39 Å². The second kappa shape index (κ2) is 6.72. The van der Waals surface area contributed by atoms with Gasteiger partial charge in [0.1, 0.15) is 17.2 Å². The highest BCUT2D eigenvalue weighted by atomic mass is 19.1. The second-order valence-electron chi connectivity index (χ2n) is 5.70. The van der Waals surface area contributed by atoms with E-state index in [1.807, 2.05) is 0 Å². The predicted octanol–water partition coefficient (Wildman–Crippen LogP) is 2.25. The molecule has 0 unspecified atom stereocenters. The summed E-state index contributed by atoms with van der Waals surface area (Å²) in [5.74, 6) is -0.240. The number of nitrogens with one attached hydrogen (secondary N) is 2. The van der Waals surface area contributed by atoms with E-state index in [2.05, 4.69) is 15.3 Å². The lowest BCUT2D eigenvalue weighted by Crippen LogP contribution is -2.29. The van der Waals surface area contributed by atoms with E-state index in [0.29, 0.717) is 22.8 Å². The predicted molar refractivity (Wildman–Crippen MR) is 91.2 cm³/mol. The Hall–Kier alpha value is -3.22. The zero-order valence-corrected chi connectivity index (χ0v) is 13.8. The fourth-order valence-corrected chi connectivity index (χ4v) is 2.52. The minimum absolute atomic E-state index is 0.0248. The van der Waals surface area contributed by atoms with Crippen LogP contribution in [0.5, 0.6) is 0 Å². The van der Waals surface area contributed by atoms with Crippen molar-refractivity contribution in [2.45, 2.75) is 20.4 Å². The summed E-state index contributed by atoms with van der Waals surface area (Å²) >= 11 is 0. The molecule has 0 radical (unpaired) electrons. The van der Waals surface area contributed by atoms with Crippen molar-refractivity contribution in [1.82, 2.24) is 19.9 Å². The van der Waals surface area contributed by atoms with Gasteiger partial charge in [0.15, 0.2) is 0 Å². The summed E-state index contributed by atoms with van der Waals surface area (Å²) in [6.45, 7) is 3.63. The first-order valence-corrected chi connectivity index (χ1v) is 7.72. The van der Waals surface area contributed by atoms with Crippen molar-refractivity contribution in [3.05, 3.63) is 81.5 Å². The van der Waals surface area contributed by atoms with E-state index in [9.17, 15) is 14.0 Å². The molecule has 0 saturated heterocycles. The van der Waals surface area contributed by atoms with Gasteiger partial charge in [0, 0.05) is 24.6 Å². The van der Waals surface area contributed by atoms with Crippen LogP contribution in [0.1, 0.15) is 27.4 Å². The van der Waals surface area contributed by atoms with Crippen molar-refractivity contribution in [1.29, 1.82) is 0 Å². The lowest BCUT2D eigenvalue weighted by Gasteiger charge is -2.09. The molecule has 0 aliphatic rings. The zero-order chi connectivity index (χ0) is 18.0. The van der Waals surface area contributed by atoms with Gasteiger partial charge in [0.25, 0.3) is 11.5 Å². The Balaban J connectivity index is 1.74. The first-order chi connectivity index (χ1) is 12.0. The quantitative estimate of drug-likeness (QED) is 0.764. The van der Waals surface area contributed by atoms with Crippen molar-refractivity contribution in [3.63, 3.8) is 0 Å². The van der Waals surface area contributed by atoms with Gasteiger partial charge in [-0.15, -0.1) is 0 Å². The largest absolute Gasteiger partial charge is 0.348 e. The fraction of sp³-hybridized carbons (Fsp3) is 0.167. The number of aromatic nitrogens is 3. The third kappa shape index (κ3) is 3.50. The van der Waals surface area contributed by atoms with Crippen molar-refractivity contribution in [3.8, 4) is 5.69 Å². The van der Waals surface area contributed by atoms with E-state index in [4.69, 9.17) is 0 Å². The fourth-order valence-electron chi connectivity index (χ4n) is 2.52. The number of nitrogens with zero attached hydrogens (tertiary/aromatic N) is 2. The highest BCUT2D eigenvalue weighted by Gasteiger charge is 2.11. The number of benzene rings is 1. The average Bonchev–Trinajstić information content (AvgIpc) is 2.98. The maximum Gasteiger partial charge on any atom is 0.260 e. The third-order valence-electron chi connectivity index (χ3n) is 3.85. The standard InChI is InChI=1S/C18H17FN4O2/c1-11-3-5-14(18(25)22-11)17(24)21-10-13-4-6-16(15(19)9-13)23-8-7-20-12(23)2/h3-9H,10H2,1-2H3,(H,21,24)(H,22,25). The van der Waals surface area contributed by atoms with Crippen LogP contribution in [0.15, 0.2) is 47.5 Å². The highest BCUT2D eigenvalue weighted by molar-refractivity contribution is 5.93. The molecule has 7 heteroatoms. The molecule has 0 spiro atoms. The number of hydrogen-bond acceptors (Lipinski definition) is 3. The van der Waals surface area contributed by atoms with E-state index < -0.39 is 17.3 Å². The van der Waals surface area contributed by atoms with Crippen LogP contribution < -0.4 is 10.9 Å². The van der Waals surface area contributed by atoms with Crippen LogP contribution in [0, 0.1) is 19.7 Å². The van der Waals surface area contributed by atoms with E-state index in [-0.39, 0.29) is 12.1 Å². The van der Waals surface area contributed by atoms with Gasteiger partial charge in [0.05, 0.1) is 5.69 Å². The lowest BCUT2D eigenvalue weighted by atomic mass is 10.1. The van der Waals surface area contributed by atoms with Crippen LogP contribution in [-0.4, -0.2) is 20.4 Å². The number of aromatic amines is 1. The highest BCUT2D eigenvalue weighted by Crippen LogP contribution is 2.16. The van der Waals surface area contributed by atoms with E-state index in [1.165, 1.54) is 12.1 Å². The molecule has 0 saturated carbocycles. The molecule has 0 atom stereocenters. The summed E-state index contributed by atoms with van der Waals surface area (Å²) in [4.78, 5) is 30.5. The topological polar surface area (TPSA) is 79.8 Å². The SMILES string of the molecule is Cc1ccc(C(=O)NCc2ccc(-n3ccnc3C)c(F)c2)c(=O)[nH]1. The molecule has 1 aromatic carbocycles. The summed E-state index contributed by atoms with van der Waals surface area (Å²) < 4.78 is 16.0. The molecule has 2 N–H and O–H groups in total. The molecule has 0 bridgehead atoms. The van der Waals surface area contributed by atoms with Gasteiger partial charge >= 0.3 is 0 Å². The molecule has 1 amide bonds. The monoisotopic (exact) mass is 340 g/mol. The molecular formula is C18H17FN4O2. The second-order valence-corrected chi connectivity index (χ2v) is 5.70. The summed E-state index contributed by atoms with van der Waals surface area (Å²) in [5.41, 5.74) is 1.23. The van der Waals surface area contributed by atoms with Crippen molar-refractivity contribution in [2.75, 3.05) is 0 Å². The number of halogens is 1. The maximum absolute atomic E-state index is 14.3. The smallest absolute Gasteiger partial charge is 0.260 e. The minimum atomic E-state index is -0.504. The normalized spacial score (nSPS) is 10.7. The van der Waals surface area contributed by atoms with Gasteiger partial charge in [-0.1, -0.05) is 6.07 Å². The molecule has 0 fully saturated rings. The van der Waals surface area contributed by atoms with Crippen molar-refractivity contribution >= 4 is 5.91 Å². The number of amides is 1. The molecule has 2 aromatic heterocycles. The summed E-state index contributed by atoms with van der Waals surface area (Å²) in [5, 5.41) is 2.62. The van der Waals surface area contributed by atoms with Gasteiger partial charge < -0.3 is 14.9 Å². The summed E-state index contributed by atoms with van der Waals surface area (Å²) in [7, 11) is 0. The minimum Gasteiger partial charge on any atom is -0.348 e. The Morgan fingerprint density at radius 1 is 1.28 bits per heavy atom. The first kappa shape index (κ1) is 16.6. The van der Waals surface area contributed by atoms with Gasteiger partial charge in [0.2, 0.25) is 0 Å². The number of rotatable bonds is 4. The third-order valence-corrected chi connectivity index (χ3v) is 3.85. The Labute approximate surface area is 143 Å². The number of carbonyl (C=O) groups excluding carboxylic acids is 1. The van der Waals surface area contributed by atoms with Gasteiger partial charge in [-0.3, -0.25) is 9.59 Å². The Bertz CT molecular complexity index is 991. The van der Waals surface area contributed by atoms with Crippen LogP contribution in [-0.2, 0) is 6.54 Å². The number of aryl methyl sites for hydroxylation is 2. The van der Waals surface area contributed by atoms with Gasteiger partial charge in [-0.25, -0.2) is 9.37 Å². The summed E-state index contributed by atoms with van der Waals surface area (Å²) in [6.07, 6.45) is 3.28. The van der Waals surface area contributed by atoms with E-state index >= 15 is 0 Å². The van der Waals surface area contributed by atoms with Gasteiger partial charge in [-0.2, -0.15) is 0 Å². The first-order valence-electron chi connectivity index (χ1n) is 7.72. The molecule has 3 rings (SSSR count). The van der Waals surface area contributed by atoms with Crippen LogP contribution in [0.3, 0.4) is 0 Å². The molecule has 2 heterocycles. The van der Waals surface area contributed by atoms with Crippen molar-refractivity contribution < 1.29 is 9.18 Å². The molecule has 0 aliphatic carbocycles. The average molecular weight is 340 g/mol. The van der Waals surface area contributed by atoms with Gasteiger partial charge in [-0.05, 0) is 43.7 Å². The Morgan fingerprint density at radius 2 is 2.08 bits per heavy atom. The van der Waals surface area contributed by atoms with Crippen LogP contribution in [0.25, 0.3) is 5.69 Å². The van der Waals surface area contributed by atoms with E-state index in [1.54, 1.807) is 49.0 Å². The molecule has 0 aliphatic heterocycles. The summed E-state index contributed by atoms with van der Waals surface area (Å²) in [6, 6.07) is 7.82. The molecule has 6 nitrogen and oxygen atoms in total. The lowest BCUT2D eigenvalue weighted by molar-refractivity contribution is 0.0949. The maximum atomic E-state index is 14.3. The van der Waals surface area contributed by atoms with Crippen molar-refractivity contribution in [2.24, 2.45) is 0 Å². The molecule has 25 heavy (non-hydrogen) atoms. The van der Waals surface area contributed by atoms with E-state index in [0.717, 1.165) is 0 Å². The number of imidazole rings is 1. The number of pyridine rings is 1. The number of H-pyrrole nitrogens is 1. The number of hydrogen-bond donors (Lipinski definition) is 2. The Kier molecular flexibility index (Phi) is 4.47. The molecular weight excluding hydrogens is 323 g/mol. The Morgan fingerprint density at radius 3 is 2.72 bits per heavy atom. The van der Waals surface area contributed by atoms with Crippen LogP contribution >= 0.6 is 0 Å². The number of carbonyl (C=O) groups is 1. The zero-order valence-electron chi connectivity index (χ0n) is 13.8. The molecule has 3 aromatic rings. The van der Waals surface area contributed by atoms with Crippen LogP contribution in [0.2, 0.25) is 0 Å². The molecule has 128 valence electrons.